The van der Waals surface area contributed by atoms with E-state index in [0.717, 1.165) is 25.7 Å². The molecule has 0 bridgehead atoms. The van der Waals surface area contributed by atoms with Gasteiger partial charge in [0.1, 0.15) is 0 Å². The van der Waals surface area contributed by atoms with Gasteiger partial charge in [-0.15, -0.1) is 0 Å². The zero-order chi connectivity index (χ0) is 16.3. The summed E-state index contributed by atoms with van der Waals surface area (Å²) in [6.45, 7) is 4.24. The number of allylic oxidation sites excluding steroid dienone is 2. The molecule has 2 aromatic rings. The van der Waals surface area contributed by atoms with E-state index in [1.54, 1.807) is 0 Å². The van der Waals surface area contributed by atoms with Gasteiger partial charge in [0.15, 0.2) is 0 Å². The van der Waals surface area contributed by atoms with E-state index in [9.17, 15) is 0 Å². The lowest BCUT2D eigenvalue weighted by Crippen LogP contribution is -1.88. The first-order valence-corrected chi connectivity index (χ1v) is 8.28. The Labute approximate surface area is 140 Å². The average molecular weight is 306 g/mol. The molecule has 0 fully saturated rings. The number of hydrogen-bond donors (Lipinski definition) is 0. The molecule has 0 saturated heterocycles. The molecule has 0 unspecified atom stereocenters. The molecule has 0 atom stereocenters. The second kappa shape index (κ2) is 9.68. The van der Waals surface area contributed by atoms with Gasteiger partial charge >= 0.3 is 0 Å². The summed E-state index contributed by atoms with van der Waals surface area (Å²) in [4.78, 5) is 0. The van der Waals surface area contributed by atoms with E-state index in [2.05, 4.69) is 74.5 Å². The molecular formula is C22H26O. The first-order chi connectivity index (χ1) is 11.2. The van der Waals surface area contributed by atoms with Crippen LogP contribution in [-0.2, 0) is 17.6 Å². The molecule has 0 amide bonds. The Morgan fingerprint density at radius 2 is 1.09 bits per heavy atom. The van der Waals surface area contributed by atoms with Gasteiger partial charge in [0.25, 0.3) is 0 Å². The van der Waals surface area contributed by atoms with Crippen LogP contribution in [0.2, 0.25) is 0 Å². The van der Waals surface area contributed by atoms with E-state index < -0.39 is 0 Å². The fourth-order valence-electron chi connectivity index (χ4n) is 2.36. The third-order valence-corrected chi connectivity index (χ3v) is 3.84. The molecule has 23 heavy (non-hydrogen) atoms. The van der Waals surface area contributed by atoms with E-state index in [0.29, 0.717) is 0 Å². The third-order valence-electron chi connectivity index (χ3n) is 3.84. The zero-order valence-corrected chi connectivity index (χ0v) is 14.2. The van der Waals surface area contributed by atoms with E-state index in [-0.39, 0.29) is 0 Å². The second-order valence-corrected chi connectivity index (χ2v) is 6.04. The molecule has 120 valence electrons. The van der Waals surface area contributed by atoms with Crippen molar-refractivity contribution in [2.75, 3.05) is 0 Å². The van der Waals surface area contributed by atoms with Crippen LogP contribution in [0.25, 0.3) is 0 Å². The fraction of sp³-hybridized carbons (Fsp3) is 0.273. The summed E-state index contributed by atoms with van der Waals surface area (Å²) in [5.41, 5.74) is 5.27. The summed E-state index contributed by atoms with van der Waals surface area (Å²) in [5, 5.41) is 0. The topological polar surface area (TPSA) is 9.23 Å². The Kier molecular flexibility index (Phi) is 7.19. The maximum atomic E-state index is 5.61. The third kappa shape index (κ3) is 7.01. The number of ether oxygens (including phenoxy) is 1. The smallest absolute Gasteiger partial charge is 0.0890 e. The molecule has 0 aromatic heterocycles. The van der Waals surface area contributed by atoms with Crippen LogP contribution in [0.1, 0.15) is 37.8 Å². The molecule has 2 aromatic carbocycles. The Hall–Kier alpha value is -2.28. The van der Waals surface area contributed by atoms with E-state index in [4.69, 9.17) is 4.74 Å². The Bertz CT molecular complexity index is 566. The fourth-order valence-corrected chi connectivity index (χ4v) is 2.36. The van der Waals surface area contributed by atoms with E-state index in [1.807, 2.05) is 12.5 Å². The molecule has 0 heterocycles. The van der Waals surface area contributed by atoms with Crippen molar-refractivity contribution in [1.82, 2.24) is 0 Å². The molecule has 0 N–H and O–H groups in total. The molecule has 1 nitrogen and oxygen atoms in total. The van der Waals surface area contributed by atoms with Crippen molar-refractivity contribution < 1.29 is 4.74 Å². The van der Waals surface area contributed by atoms with Crippen LogP contribution in [0.15, 0.2) is 84.3 Å². The van der Waals surface area contributed by atoms with Crippen molar-refractivity contribution in [3.63, 3.8) is 0 Å². The normalized spacial score (nSPS) is 12.3. The largest absolute Gasteiger partial charge is 0.473 e. The van der Waals surface area contributed by atoms with Gasteiger partial charge < -0.3 is 4.74 Å². The van der Waals surface area contributed by atoms with Crippen molar-refractivity contribution in [2.45, 2.75) is 39.5 Å². The summed E-state index contributed by atoms with van der Waals surface area (Å²) < 4.78 is 5.61. The van der Waals surface area contributed by atoms with Crippen molar-refractivity contribution in [3.8, 4) is 0 Å². The van der Waals surface area contributed by atoms with Gasteiger partial charge in [-0.05, 0) is 61.8 Å². The van der Waals surface area contributed by atoms with Gasteiger partial charge in [0.2, 0.25) is 0 Å². The molecular weight excluding hydrogens is 280 g/mol. The van der Waals surface area contributed by atoms with Crippen LogP contribution < -0.4 is 0 Å². The van der Waals surface area contributed by atoms with Crippen molar-refractivity contribution in [1.29, 1.82) is 0 Å². The van der Waals surface area contributed by atoms with Crippen molar-refractivity contribution >= 4 is 0 Å². The average Bonchev–Trinajstić information content (AvgIpc) is 2.60. The Balaban J connectivity index is 1.71. The lowest BCUT2D eigenvalue weighted by Gasteiger charge is -2.04. The maximum absolute atomic E-state index is 5.61. The van der Waals surface area contributed by atoms with Crippen LogP contribution in [0.4, 0.5) is 0 Å². The lowest BCUT2D eigenvalue weighted by atomic mass is 10.1. The minimum atomic E-state index is 1.03. The first-order valence-electron chi connectivity index (χ1n) is 8.28. The number of aryl methyl sites for hydroxylation is 2. The minimum absolute atomic E-state index is 1.03. The highest BCUT2D eigenvalue weighted by Crippen LogP contribution is 2.11. The van der Waals surface area contributed by atoms with Crippen LogP contribution in [0.5, 0.6) is 0 Å². The highest BCUT2D eigenvalue weighted by molar-refractivity contribution is 5.17. The summed E-state index contributed by atoms with van der Waals surface area (Å²) in [6.07, 6.45) is 7.91. The van der Waals surface area contributed by atoms with Gasteiger partial charge in [-0.25, -0.2) is 0 Å². The molecule has 1 heteroatoms. The maximum Gasteiger partial charge on any atom is 0.0890 e. The van der Waals surface area contributed by atoms with Crippen LogP contribution in [-0.4, -0.2) is 0 Å². The molecule has 0 spiro atoms. The molecule has 0 saturated carbocycles. The van der Waals surface area contributed by atoms with Gasteiger partial charge in [-0.2, -0.15) is 0 Å². The first kappa shape index (κ1) is 17.1. The van der Waals surface area contributed by atoms with Gasteiger partial charge in [-0.3, -0.25) is 0 Å². The molecule has 0 aliphatic rings. The SMILES string of the molecule is CC(=COC=C(C)CCc1ccccc1)CCc1ccccc1. The lowest BCUT2D eigenvalue weighted by molar-refractivity contribution is 0.389. The number of benzene rings is 2. The summed E-state index contributed by atoms with van der Waals surface area (Å²) in [7, 11) is 0. The Morgan fingerprint density at radius 1 is 0.696 bits per heavy atom. The standard InChI is InChI=1S/C22H26O/c1-19(13-15-21-9-5-3-6-10-21)17-23-18-20(2)14-16-22-11-7-4-8-12-22/h3-12,17-18H,13-16H2,1-2H3. The highest BCUT2D eigenvalue weighted by atomic mass is 16.5. The summed E-state index contributed by atoms with van der Waals surface area (Å²) >= 11 is 0. The van der Waals surface area contributed by atoms with E-state index >= 15 is 0 Å². The summed E-state index contributed by atoms with van der Waals surface area (Å²) in [5.74, 6) is 0. The molecule has 0 aliphatic carbocycles. The summed E-state index contributed by atoms with van der Waals surface area (Å²) in [6, 6.07) is 21.1. The quantitative estimate of drug-likeness (QED) is 0.537. The molecule has 2 rings (SSSR count). The number of hydrogen-bond acceptors (Lipinski definition) is 1. The van der Waals surface area contributed by atoms with Gasteiger partial charge in [-0.1, -0.05) is 60.7 Å². The van der Waals surface area contributed by atoms with Gasteiger partial charge in [0.05, 0.1) is 12.5 Å². The Morgan fingerprint density at radius 3 is 1.48 bits per heavy atom. The van der Waals surface area contributed by atoms with Crippen LogP contribution in [0, 0.1) is 0 Å². The van der Waals surface area contributed by atoms with Crippen LogP contribution >= 0.6 is 0 Å². The minimum Gasteiger partial charge on any atom is -0.473 e. The van der Waals surface area contributed by atoms with Crippen molar-refractivity contribution in [2.24, 2.45) is 0 Å². The predicted octanol–water partition coefficient (Wildman–Crippen LogP) is 6.08. The molecule has 0 radical (unpaired) electrons. The monoisotopic (exact) mass is 306 g/mol. The second-order valence-electron chi connectivity index (χ2n) is 6.04. The van der Waals surface area contributed by atoms with Gasteiger partial charge in [0, 0.05) is 0 Å². The predicted molar refractivity (Wildman–Crippen MR) is 98.1 cm³/mol. The van der Waals surface area contributed by atoms with E-state index in [1.165, 1.54) is 22.3 Å². The van der Waals surface area contributed by atoms with Crippen molar-refractivity contribution in [3.05, 3.63) is 95.5 Å². The number of rotatable bonds is 8. The highest BCUT2D eigenvalue weighted by Gasteiger charge is 1.96. The van der Waals surface area contributed by atoms with Crippen LogP contribution in [0.3, 0.4) is 0 Å². The zero-order valence-electron chi connectivity index (χ0n) is 14.2. The molecule has 0 aliphatic heterocycles.